The monoisotopic (exact) mass is 542 g/mol. The van der Waals surface area contributed by atoms with E-state index in [1.165, 1.54) is 4.90 Å². The molecule has 5 rings (SSSR count). The Morgan fingerprint density at radius 1 is 0.950 bits per heavy atom. The van der Waals surface area contributed by atoms with E-state index in [1.807, 2.05) is 49.4 Å². The van der Waals surface area contributed by atoms with Crippen LogP contribution in [0.2, 0.25) is 0 Å². The van der Waals surface area contributed by atoms with Crippen LogP contribution in [0.4, 0.5) is 4.79 Å². The fourth-order valence-electron chi connectivity index (χ4n) is 4.41. The molecule has 0 unspecified atom stereocenters. The van der Waals surface area contributed by atoms with E-state index in [4.69, 9.17) is 18.6 Å². The van der Waals surface area contributed by atoms with Gasteiger partial charge in [0.2, 0.25) is 5.89 Å². The van der Waals surface area contributed by atoms with Gasteiger partial charge in [0.1, 0.15) is 28.5 Å². The van der Waals surface area contributed by atoms with E-state index in [9.17, 15) is 14.7 Å². The topological polar surface area (TPSA) is 111 Å². The molecule has 0 spiro atoms. The number of aryl methyl sites for hydroxylation is 1. The summed E-state index contributed by atoms with van der Waals surface area (Å²) in [6, 6.07) is 23.5. The van der Waals surface area contributed by atoms with Crippen LogP contribution < -0.4 is 14.2 Å². The maximum atomic E-state index is 13.1. The number of carbonyl (C=O) groups excluding carboxylic acids is 1. The summed E-state index contributed by atoms with van der Waals surface area (Å²) in [6.45, 7) is 2.38. The van der Waals surface area contributed by atoms with Crippen molar-refractivity contribution in [2.24, 2.45) is 0 Å². The van der Waals surface area contributed by atoms with Gasteiger partial charge < -0.3 is 23.7 Å². The van der Waals surface area contributed by atoms with Crippen molar-refractivity contribution < 1.29 is 33.3 Å². The summed E-state index contributed by atoms with van der Waals surface area (Å²) in [4.78, 5) is 31.0. The van der Waals surface area contributed by atoms with Crippen LogP contribution in [0, 0.1) is 6.92 Å². The molecule has 1 amide bonds. The van der Waals surface area contributed by atoms with Crippen LogP contribution in [-0.2, 0) is 17.8 Å². The number of ether oxygens (including phenoxy) is 3. The van der Waals surface area contributed by atoms with Gasteiger partial charge in [-0.1, -0.05) is 30.3 Å². The second kappa shape index (κ2) is 11.5. The smallest absolute Gasteiger partial charge is 0.416 e. The number of carboxylic acids is 1. The van der Waals surface area contributed by atoms with Crippen LogP contribution >= 0.6 is 0 Å². The molecule has 1 N–H and O–H groups in total. The molecule has 0 radical (unpaired) electrons. The van der Waals surface area contributed by atoms with Gasteiger partial charge in [0.15, 0.2) is 0 Å². The van der Waals surface area contributed by atoms with E-state index >= 15 is 0 Å². The van der Waals surface area contributed by atoms with Crippen molar-refractivity contribution in [2.45, 2.75) is 38.3 Å². The Labute approximate surface area is 231 Å². The molecule has 0 aliphatic heterocycles. The van der Waals surface area contributed by atoms with Gasteiger partial charge in [0.05, 0.1) is 26.0 Å². The van der Waals surface area contributed by atoms with E-state index in [0.29, 0.717) is 49.0 Å². The van der Waals surface area contributed by atoms with Gasteiger partial charge in [-0.15, -0.1) is 0 Å². The van der Waals surface area contributed by atoms with Crippen LogP contribution in [0.15, 0.2) is 83.3 Å². The zero-order valence-corrected chi connectivity index (χ0v) is 22.3. The summed E-state index contributed by atoms with van der Waals surface area (Å²) in [5.74, 6) is 1.88. The zero-order chi connectivity index (χ0) is 28.1. The molecule has 1 aliphatic rings. The third-order valence-electron chi connectivity index (χ3n) is 6.91. The third kappa shape index (κ3) is 5.93. The predicted octanol–water partition coefficient (Wildman–Crippen LogP) is 5.90. The quantitative estimate of drug-likeness (QED) is 0.249. The molecule has 0 saturated heterocycles. The summed E-state index contributed by atoms with van der Waals surface area (Å²) < 4.78 is 22.4. The van der Waals surface area contributed by atoms with Crippen molar-refractivity contribution >= 4 is 12.1 Å². The number of rotatable bonds is 11. The second-order valence-corrected chi connectivity index (χ2v) is 9.60. The summed E-state index contributed by atoms with van der Waals surface area (Å²) >= 11 is 0. The van der Waals surface area contributed by atoms with Gasteiger partial charge in [-0.3, -0.25) is 4.90 Å². The van der Waals surface area contributed by atoms with E-state index in [0.717, 1.165) is 22.6 Å². The lowest BCUT2D eigenvalue weighted by atomic mass is 10.1. The van der Waals surface area contributed by atoms with Crippen LogP contribution in [0.3, 0.4) is 0 Å². The molecular weight excluding hydrogens is 512 g/mol. The summed E-state index contributed by atoms with van der Waals surface area (Å²) in [5, 5.41) is 9.86. The van der Waals surface area contributed by atoms with Crippen molar-refractivity contribution in [1.82, 2.24) is 9.88 Å². The SMILES string of the molecule is COc1ccc(OC(=O)N(Cc2ccc(OCCc3nc(-c4ccccc4)oc3C)cc2)C2(C(=O)O)CC2)cc1. The van der Waals surface area contributed by atoms with Crippen molar-refractivity contribution in [3.05, 3.63) is 95.9 Å². The van der Waals surface area contributed by atoms with Gasteiger partial charge in [-0.25, -0.2) is 14.6 Å². The summed E-state index contributed by atoms with van der Waals surface area (Å²) in [6.07, 6.45) is 0.600. The molecule has 9 nitrogen and oxygen atoms in total. The molecule has 1 fully saturated rings. The molecular formula is C31H30N2O7. The lowest BCUT2D eigenvalue weighted by molar-refractivity contribution is -0.144. The molecule has 1 aliphatic carbocycles. The minimum absolute atomic E-state index is 0.0853. The first-order chi connectivity index (χ1) is 19.4. The molecule has 1 saturated carbocycles. The Morgan fingerprint density at radius 3 is 2.23 bits per heavy atom. The minimum atomic E-state index is -1.27. The van der Waals surface area contributed by atoms with E-state index in [1.54, 1.807) is 43.5 Å². The van der Waals surface area contributed by atoms with Crippen LogP contribution in [0.5, 0.6) is 17.2 Å². The number of carboxylic acid groups (broad SMARTS) is 1. The Morgan fingerprint density at radius 2 is 1.60 bits per heavy atom. The number of amides is 1. The summed E-state index contributed by atoms with van der Waals surface area (Å²) in [7, 11) is 1.54. The van der Waals surface area contributed by atoms with Crippen LogP contribution in [-0.4, -0.2) is 46.3 Å². The number of carbonyl (C=O) groups is 2. The number of hydrogen-bond acceptors (Lipinski definition) is 7. The lowest BCUT2D eigenvalue weighted by Crippen LogP contribution is -2.48. The number of aromatic nitrogens is 1. The van der Waals surface area contributed by atoms with Crippen molar-refractivity contribution in [3.8, 4) is 28.7 Å². The highest BCUT2D eigenvalue weighted by Gasteiger charge is 2.57. The fourth-order valence-corrected chi connectivity index (χ4v) is 4.41. The Balaban J connectivity index is 1.20. The van der Waals surface area contributed by atoms with Crippen LogP contribution in [0.1, 0.15) is 29.9 Å². The average Bonchev–Trinajstić information content (AvgIpc) is 3.70. The maximum Gasteiger partial charge on any atom is 0.416 e. The first-order valence-electron chi connectivity index (χ1n) is 13.0. The first kappa shape index (κ1) is 26.8. The minimum Gasteiger partial charge on any atom is -0.497 e. The Bertz CT molecular complexity index is 1460. The fraction of sp³-hybridized carbons (Fsp3) is 0.258. The Hall–Kier alpha value is -4.79. The molecule has 4 aromatic rings. The van der Waals surface area contributed by atoms with Gasteiger partial charge in [0.25, 0.3) is 0 Å². The predicted molar refractivity (Wildman–Crippen MR) is 146 cm³/mol. The molecule has 9 heteroatoms. The van der Waals surface area contributed by atoms with E-state index in [-0.39, 0.29) is 6.54 Å². The maximum absolute atomic E-state index is 13.1. The van der Waals surface area contributed by atoms with Crippen molar-refractivity contribution in [1.29, 1.82) is 0 Å². The molecule has 206 valence electrons. The number of benzene rings is 3. The highest BCUT2D eigenvalue weighted by molar-refractivity contribution is 5.88. The first-order valence-corrected chi connectivity index (χ1v) is 13.0. The highest BCUT2D eigenvalue weighted by atomic mass is 16.6. The number of oxazole rings is 1. The highest BCUT2D eigenvalue weighted by Crippen LogP contribution is 2.43. The van der Waals surface area contributed by atoms with Gasteiger partial charge in [0, 0.05) is 12.0 Å². The molecule has 1 aromatic heterocycles. The van der Waals surface area contributed by atoms with E-state index in [2.05, 4.69) is 4.98 Å². The normalized spacial score (nSPS) is 13.3. The second-order valence-electron chi connectivity index (χ2n) is 9.60. The zero-order valence-electron chi connectivity index (χ0n) is 22.3. The molecule has 3 aromatic carbocycles. The Kier molecular flexibility index (Phi) is 7.72. The molecule has 0 atom stereocenters. The molecule has 0 bridgehead atoms. The van der Waals surface area contributed by atoms with Gasteiger partial charge in [-0.05, 0) is 73.9 Å². The number of aliphatic carboxylic acids is 1. The largest absolute Gasteiger partial charge is 0.497 e. The lowest BCUT2D eigenvalue weighted by Gasteiger charge is -2.28. The number of methoxy groups -OCH3 is 1. The number of nitrogens with zero attached hydrogens (tertiary/aromatic N) is 2. The third-order valence-corrected chi connectivity index (χ3v) is 6.91. The molecule has 40 heavy (non-hydrogen) atoms. The molecule has 1 heterocycles. The van der Waals surface area contributed by atoms with Crippen LogP contribution in [0.25, 0.3) is 11.5 Å². The van der Waals surface area contributed by atoms with Crippen molar-refractivity contribution in [3.63, 3.8) is 0 Å². The van der Waals surface area contributed by atoms with Crippen molar-refractivity contribution in [2.75, 3.05) is 13.7 Å². The summed E-state index contributed by atoms with van der Waals surface area (Å²) in [5.41, 5.74) is 1.25. The number of hydrogen-bond donors (Lipinski definition) is 1. The van der Waals surface area contributed by atoms with E-state index < -0.39 is 17.6 Å². The standard InChI is InChI=1S/C31H30N2O7/c1-21-27(32-28(39-21)23-6-4-3-5-7-23)16-19-38-25-10-8-22(9-11-25)20-33(31(17-18-31)29(34)35)30(36)40-26-14-12-24(37-2)13-15-26/h3-15H,16-20H2,1-2H3,(H,34,35). The average molecular weight is 543 g/mol. The van der Waals surface area contributed by atoms with Gasteiger partial charge in [-0.2, -0.15) is 0 Å². The van der Waals surface area contributed by atoms with Gasteiger partial charge >= 0.3 is 12.1 Å².